The van der Waals surface area contributed by atoms with Crippen LogP contribution in [0.25, 0.3) is 0 Å². The lowest BCUT2D eigenvalue weighted by Gasteiger charge is -2.13. The van der Waals surface area contributed by atoms with E-state index in [0.717, 1.165) is 12.8 Å². The molecule has 0 radical (unpaired) electrons. The molecule has 1 heterocycles. The summed E-state index contributed by atoms with van der Waals surface area (Å²) >= 11 is 1.66. The number of nitrogens with one attached hydrogen (secondary N) is 2. The van der Waals surface area contributed by atoms with Crippen LogP contribution in [0, 0.1) is 0 Å². The first kappa shape index (κ1) is 15.7. The minimum absolute atomic E-state index is 0.0431. The summed E-state index contributed by atoms with van der Waals surface area (Å²) < 4.78 is 0. The molecule has 1 aromatic rings. The van der Waals surface area contributed by atoms with Gasteiger partial charge in [0.1, 0.15) is 6.04 Å². The fourth-order valence-corrected chi connectivity index (χ4v) is 2.37. The highest BCUT2D eigenvalue weighted by molar-refractivity contribution is 7.09. The molecule has 106 valence electrons. The van der Waals surface area contributed by atoms with Gasteiger partial charge in [-0.1, -0.05) is 19.4 Å². The minimum Gasteiger partial charge on any atom is -0.480 e. The van der Waals surface area contributed by atoms with Gasteiger partial charge in [-0.05, 0) is 24.3 Å². The fraction of sp³-hybridized carbons (Fsp3) is 0.538. The number of amides is 1. The molecule has 0 aliphatic heterocycles. The summed E-state index contributed by atoms with van der Waals surface area (Å²) in [5.41, 5.74) is 0. The summed E-state index contributed by atoms with van der Waals surface area (Å²) in [7, 11) is 0. The van der Waals surface area contributed by atoms with Gasteiger partial charge < -0.3 is 10.4 Å². The maximum Gasteiger partial charge on any atom is 0.320 e. The molecule has 3 N–H and O–H groups in total. The van der Waals surface area contributed by atoms with Crippen molar-refractivity contribution < 1.29 is 14.7 Å². The van der Waals surface area contributed by atoms with E-state index in [1.165, 1.54) is 4.88 Å². The Hall–Kier alpha value is -1.40. The number of hydrogen-bond acceptors (Lipinski definition) is 4. The van der Waals surface area contributed by atoms with Crippen molar-refractivity contribution in [1.29, 1.82) is 0 Å². The topological polar surface area (TPSA) is 78.4 Å². The Balaban J connectivity index is 2.17. The Labute approximate surface area is 117 Å². The van der Waals surface area contributed by atoms with E-state index in [9.17, 15) is 9.59 Å². The van der Waals surface area contributed by atoms with Crippen molar-refractivity contribution in [3.05, 3.63) is 22.4 Å². The zero-order valence-corrected chi connectivity index (χ0v) is 11.8. The molecule has 5 nitrogen and oxygen atoms in total. The monoisotopic (exact) mass is 284 g/mol. The van der Waals surface area contributed by atoms with Gasteiger partial charge >= 0.3 is 5.97 Å². The quantitative estimate of drug-likeness (QED) is 0.638. The molecule has 0 spiro atoms. The van der Waals surface area contributed by atoms with Crippen molar-refractivity contribution >= 4 is 23.2 Å². The molecule has 1 aromatic heterocycles. The largest absolute Gasteiger partial charge is 0.480 e. The van der Waals surface area contributed by atoms with Gasteiger partial charge in [-0.15, -0.1) is 11.3 Å². The first-order valence-electron chi connectivity index (χ1n) is 6.38. The number of carboxylic acids is 1. The van der Waals surface area contributed by atoms with Crippen LogP contribution in [0.3, 0.4) is 0 Å². The smallest absolute Gasteiger partial charge is 0.320 e. The number of aliphatic carboxylic acids is 1. The summed E-state index contributed by atoms with van der Waals surface area (Å²) in [4.78, 5) is 23.6. The maximum absolute atomic E-state index is 11.5. The lowest BCUT2D eigenvalue weighted by molar-refractivity contribution is -0.139. The molecule has 0 saturated carbocycles. The fourth-order valence-electron chi connectivity index (χ4n) is 1.66. The standard InChI is InChI=1S/C13H20N2O3S/c1-2-4-11(13(17)18)15-9-12(16)14-7-6-10-5-3-8-19-10/h3,5,8,11,15H,2,4,6-7,9H2,1H3,(H,14,16)(H,17,18). The van der Waals surface area contributed by atoms with E-state index >= 15 is 0 Å². The van der Waals surface area contributed by atoms with Gasteiger partial charge in [0.05, 0.1) is 6.54 Å². The van der Waals surface area contributed by atoms with Gasteiger partial charge in [-0.2, -0.15) is 0 Å². The molecule has 1 rings (SSSR count). The van der Waals surface area contributed by atoms with E-state index in [0.29, 0.717) is 13.0 Å². The number of hydrogen-bond donors (Lipinski definition) is 3. The van der Waals surface area contributed by atoms with Crippen LogP contribution in [0.5, 0.6) is 0 Å². The van der Waals surface area contributed by atoms with Crippen molar-refractivity contribution in [3.63, 3.8) is 0 Å². The van der Waals surface area contributed by atoms with Gasteiger partial charge in [0.2, 0.25) is 5.91 Å². The van der Waals surface area contributed by atoms with Crippen LogP contribution in [0.4, 0.5) is 0 Å². The predicted molar refractivity (Wildman–Crippen MR) is 75.4 cm³/mol. The Morgan fingerprint density at radius 1 is 1.47 bits per heavy atom. The van der Waals surface area contributed by atoms with Crippen LogP contribution in [0.15, 0.2) is 17.5 Å². The summed E-state index contributed by atoms with van der Waals surface area (Å²) in [5, 5.41) is 16.5. The second-order valence-corrected chi connectivity index (χ2v) is 5.27. The van der Waals surface area contributed by atoms with E-state index in [1.54, 1.807) is 11.3 Å². The molecule has 0 bridgehead atoms. The van der Waals surface area contributed by atoms with Gasteiger partial charge in [0.15, 0.2) is 0 Å². The molecule has 1 atom stereocenters. The first-order chi connectivity index (χ1) is 9.13. The molecule has 6 heteroatoms. The molecule has 0 aliphatic rings. The number of thiophene rings is 1. The molecule has 0 fully saturated rings. The SMILES string of the molecule is CCCC(NCC(=O)NCCc1cccs1)C(=O)O. The molecule has 1 unspecified atom stereocenters. The Bertz CT molecular complexity index is 393. The van der Waals surface area contributed by atoms with Crippen molar-refractivity contribution in [2.45, 2.75) is 32.2 Å². The van der Waals surface area contributed by atoms with Crippen LogP contribution in [-0.2, 0) is 16.0 Å². The number of carbonyl (C=O) groups is 2. The Morgan fingerprint density at radius 3 is 2.84 bits per heavy atom. The summed E-state index contributed by atoms with van der Waals surface area (Å²) in [6, 6.07) is 3.36. The zero-order chi connectivity index (χ0) is 14.1. The van der Waals surface area contributed by atoms with Gasteiger partial charge in [-0.3, -0.25) is 14.9 Å². The second kappa shape index (κ2) is 8.66. The van der Waals surface area contributed by atoms with Gasteiger partial charge in [0, 0.05) is 11.4 Å². The maximum atomic E-state index is 11.5. The van der Waals surface area contributed by atoms with Crippen LogP contribution in [-0.4, -0.2) is 36.1 Å². The highest BCUT2D eigenvalue weighted by atomic mass is 32.1. The zero-order valence-electron chi connectivity index (χ0n) is 11.0. The van der Waals surface area contributed by atoms with Crippen molar-refractivity contribution in [3.8, 4) is 0 Å². The molecular weight excluding hydrogens is 264 g/mol. The van der Waals surface area contributed by atoms with E-state index < -0.39 is 12.0 Å². The van der Waals surface area contributed by atoms with E-state index in [-0.39, 0.29) is 12.5 Å². The molecule has 0 saturated heterocycles. The Kier molecular flexibility index (Phi) is 7.14. The van der Waals surface area contributed by atoms with E-state index in [4.69, 9.17) is 5.11 Å². The minimum atomic E-state index is -0.909. The molecule has 19 heavy (non-hydrogen) atoms. The van der Waals surface area contributed by atoms with Crippen molar-refractivity contribution in [2.75, 3.05) is 13.1 Å². The third-order valence-corrected chi connectivity index (χ3v) is 3.59. The highest BCUT2D eigenvalue weighted by Gasteiger charge is 2.16. The molecule has 1 amide bonds. The number of rotatable bonds is 9. The predicted octanol–water partition coefficient (Wildman–Crippen LogP) is 1.25. The Morgan fingerprint density at radius 2 is 2.26 bits per heavy atom. The summed E-state index contributed by atoms with van der Waals surface area (Å²) in [6.07, 6.45) is 2.10. The van der Waals surface area contributed by atoms with Gasteiger partial charge in [0.25, 0.3) is 0 Å². The van der Waals surface area contributed by atoms with Crippen LogP contribution >= 0.6 is 11.3 Å². The van der Waals surface area contributed by atoms with E-state index in [1.807, 2.05) is 24.4 Å². The molecule has 0 aromatic carbocycles. The lowest BCUT2D eigenvalue weighted by Crippen LogP contribution is -2.43. The van der Waals surface area contributed by atoms with Crippen molar-refractivity contribution in [2.24, 2.45) is 0 Å². The molecular formula is C13H20N2O3S. The van der Waals surface area contributed by atoms with Crippen LogP contribution in [0.2, 0.25) is 0 Å². The lowest BCUT2D eigenvalue weighted by atomic mass is 10.2. The first-order valence-corrected chi connectivity index (χ1v) is 7.26. The third kappa shape index (κ3) is 6.35. The normalized spacial score (nSPS) is 12.1. The highest BCUT2D eigenvalue weighted by Crippen LogP contribution is 2.07. The van der Waals surface area contributed by atoms with Crippen LogP contribution < -0.4 is 10.6 Å². The average molecular weight is 284 g/mol. The van der Waals surface area contributed by atoms with Crippen molar-refractivity contribution in [1.82, 2.24) is 10.6 Å². The second-order valence-electron chi connectivity index (χ2n) is 4.24. The summed E-state index contributed by atoms with van der Waals surface area (Å²) in [5.74, 6) is -1.08. The van der Waals surface area contributed by atoms with Crippen LogP contribution in [0.1, 0.15) is 24.6 Å². The molecule has 0 aliphatic carbocycles. The number of carboxylic acid groups (broad SMARTS) is 1. The third-order valence-electron chi connectivity index (χ3n) is 2.66. The number of carbonyl (C=O) groups excluding carboxylic acids is 1. The van der Waals surface area contributed by atoms with E-state index in [2.05, 4.69) is 10.6 Å². The van der Waals surface area contributed by atoms with Gasteiger partial charge in [-0.25, -0.2) is 0 Å². The summed E-state index contributed by atoms with van der Waals surface area (Å²) in [6.45, 7) is 2.53. The average Bonchev–Trinajstić information content (AvgIpc) is 2.87.